The molecule has 0 aliphatic heterocycles. The molecule has 0 aliphatic carbocycles. The van der Waals surface area contributed by atoms with Gasteiger partial charge in [-0.2, -0.15) is 13.2 Å². The molecule has 0 unspecified atom stereocenters. The van der Waals surface area contributed by atoms with Crippen LogP contribution in [0.4, 0.5) is 13.2 Å². The van der Waals surface area contributed by atoms with Gasteiger partial charge in [-0.3, -0.25) is 0 Å². The van der Waals surface area contributed by atoms with E-state index in [0.29, 0.717) is 13.0 Å². The molecule has 98 valence electrons. The third-order valence-electron chi connectivity index (χ3n) is 2.15. The molecule has 0 saturated carbocycles. The van der Waals surface area contributed by atoms with E-state index in [1.165, 1.54) is 0 Å². The lowest BCUT2D eigenvalue weighted by Crippen LogP contribution is -2.22. The Balaban J connectivity index is 2.01. The van der Waals surface area contributed by atoms with Crippen LogP contribution in [0.1, 0.15) is 25.1 Å². The number of hydrogen-bond acceptors (Lipinski definition) is 3. The molecule has 1 aromatic rings. The molecule has 17 heavy (non-hydrogen) atoms. The van der Waals surface area contributed by atoms with Crippen molar-refractivity contribution >= 4 is 0 Å². The van der Waals surface area contributed by atoms with Crippen LogP contribution >= 0.6 is 0 Å². The molecule has 0 radical (unpaired) electrons. The van der Waals surface area contributed by atoms with Crippen molar-refractivity contribution in [3.05, 3.63) is 24.2 Å². The molecule has 1 rings (SSSR count). The van der Waals surface area contributed by atoms with Gasteiger partial charge >= 0.3 is 6.18 Å². The monoisotopic (exact) mass is 251 g/mol. The summed E-state index contributed by atoms with van der Waals surface area (Å²) in [6.45, 7) is 1.42. The Bertz CT molecular complexity index is 298. The van der Waals surface area contributed by atoms with E-state index < -0.39 is 12.8 Å². The van der Waals surface area contributed by atoms with Gasteiger partial charge < -0.3 is 14.5 Å². The van der Waals surface area contributed by atoms with E-state index in [9.17, 15) is 13.2 Å². The summed E-state index contributed by atoms with van der Waals surface area (Å²) in [6.07, 6.45) is -2.13. The van der Waals surface area contributed by atoms with Crippen molar-refractivity contribution < 1.29 is 22.3 Å². The van der Waals surface area contributed by atoms with Crippen LogP contribution in [-0.4, -0.2) is 25.9 Å². The van der Waals surface area contributed by atoms with Crippen LogP contribution < -0.4 is 5.32 Å². The predicted molar refractivity (Wildman–Crippen MR) is 56.6 cm³/mol. The molecule has 1 heterocycles. The highest BCUT2D eigenvalue weighted by Gasteiger charge is 2.27. The smallest absolute Gasteiger partial charge is 0.411 e. The normalized spacial score (nSPS) is 13.9. The number of furan rings is 1. The molecule has 6 heteroatoms. The first-order valence-corrected chi connectivity index (χ1v) is 5.40. The fourth-order valence-corrected chi connectivity index (χ4v) is 1.32. The third-order valence-corrected chi connectivity index (χ3v) is 2.15. The van der Waals surface area contributed by atoms with Gasteiger partial charge in [-0.05, 0) is 32.0 Å². The zero-order chi connectivity index (χ0) is 12.7. The second-order valence-corrected chi connectivity index (χ2v) is 3.71. The van der Waals surface area contributed by atoms with E-state index in [1.807, 2.05) is 13.0 Å². The van der Waals surface area contributed by atoms with Crippen LogP contribution in [0.25, 0.3) is 0 Å². The third kappa shape index (κ3) is 6.33. The molecular formula is C11H16F3NO2. The lowest BCUT2D eigenvalue weighted by atomic mass is 10.2. The fraction of sp³-hybridized carbons (Fsp3) is 0.636. The average Bonchev–Trinajstić information content (AvgIpc) is 2.74. The standard InChI is InChI=1S/C11H16F3NO2/c1-9(10-4-2-7-17-10)15-5-3-6-16-8-11(12,13)14/h2,4,7,9,15H,3,5-6,8H2,1H3/t9-/m1/s1. The van der Waals surface area contributed by atoms with Crippen molar-refractivity contribution in [1.82, 2.24) is 5.32 Å². The van der Waals surface area contributed by atoms with Crippen molar-refractivity contribution in [2.45, 2.75) is 25.6 Å². The highest BCUT2D eigenvalue weighted by Crippen LogP contribution is 2.14. The first kappa shape index (κ1) is 14.1. The number of hydrogen-bond donors (Lipinski definition) is 1. The van der Waals surface area contributed by atoms with Crippen molar-refractivity contribution in [2.75, 3.05) is 19.8 Å². The van der Waals surface area contributed by atoms with Crippen molar-refractivity contribution in [3.8, 4) is 0 Å². The molecule has 0 spiro atoms. The number of rotatable bonds is 7. The summed E-state index contributed by atoms with van der Waals surface area (Å²) in [4.78, 5) is 0. The molecular weight excluding hydrogens is 235 g/mol. The largest absolute Gasteiger partial charge is 0.468 e. The van der Waals surface area contributed by atoms with Crippen LogP contribution in [0.15, 0.2) is 22.8 Å². The van der Waals surface area contributed by atoms with Crippen LogP contribution in [0.5, 0.6) is 0 Å². The zero-order valence-electron chi connectivity index (χ0n) is 9.59. The van der Waals surface area contributed by atoms with Crippen molar-refractivity contribution in [2.24, 2.45) is 0 Å². The number of ether oxygens (including phenoxy) is 1. The lowest BCUT2D eigenvalue weighted by molar-refractivity contribution is -0.173. The maximum atomic E-state index is 11.7. The van der Waals surface area contributed by atoms with Gasteiger partial charge in [-0.15, -0.1) is 0 Å². The van der Waals surface area contributed by atoms with Gasteiger partial charge in [-0.25, -0.2) is 0 Å². The summed E-state index contributed by atoms with van der Waals surface area (Å²) in [5.41, 5.74) is 0. The SMILES string of the molecule is C[C@@H](NCCCOCC(F)(F)F)c1ccco1. The molecule has 0 amide bonds. The first-order chi connectivity index (χ1) is 7.99. The highest BCUT2D eigenvalue weighted by molar-refractivity contribution is 5.02. The number of alkyl halides is 3. The minimum Gasteiger partial charge on any atom is -0.468 e. The second-order valence-electron chi connectivity index (χ2n) is 3.71. The van der Waals surface area contributed by atoms with Crippen molar-refractivity contribution in [1.29, 1.82) is 0 Å². The minimum absolute atomic E-state index is 0.0487. The van der Waals surface area contributed by atoms with Crippen LogP contribution in [-0.2, 0) is 4.74 Å². The number of nitrogens with one attached hydrogen (secondary N) is 1. The van der Waals surface area contributed by atoms with Gasteiger partial charge in [0.05, 0.1) is 12.3 Å². The zero-order valence-corrected chi connectivity index (χ0v) is 9.59. The van der Waals surface area contributed by atoms with E-state index >= 15 is 0 Å². The molecule has 0 saturated heterocycles. The van der Waals surface area contributed by atoms with E-state index in [4.69, 9.17) is 4.42 Å². The number of halogens is 3. The van der Waals surface area contributed by atoms with E-state index in [1.54, 1.807) is 12.3 Å². The summed E-state index contributed by atoms with van der Waals surface area (Å²) in [6, 6.07) is 3.69. The Morgan fingerprint density at radius 2 is 2.24 bits per heavy atom. The van der Waals surface area contributed by atoms with Crippen molar-refractivity contribution in [3.63, 3.8) is 0 Å². The molecule has 1 aromatic heterocycles. The van der Waals surface area contributed by atoms with Gasteiger partial charge in [0.1, 0.15) is 12.4 Å². The summed E-state index contributed by atoms with van der Waals surface area (Å²) < 4.78 is 44.8. The predicted octanol–water partition coefficient (Wildman–Crippen LogP) is 2.90. The van der Waals surface area contributed by atoms with E-state index in [0.717, 1.165) is 5.76 Å². The Morgan fingerprint density at radius 3 is 2.82 bits per heavy atom. The molecule has 1 atom stereocenters. The molecule has 3 nitrogen and oxygen atoms in total. The molecule has 0 fully saturated rings. The van der Waals surface area contributed by atoms with Gasteiger partial charge in [0.2, 0.25) is 0 Å². The Hall–Kier alpha value is -1.01. The minimum atomic E-state index is -4.24. The fourth-order valence-electron chi connectivity index (χ4n) is 1.32. The van der Waals surface area contributed by atoms with E-state index in [-0.39, 0.29) is 12.6 Å². The topological polar surface area (TPSA) is 34.4 Å². The quantitative estimate of drug-likeness (QED) is 0.757. The summed E-state index contributed by atoms with van der Waals surface area (Å²) in [5, 5.41) is 3.13. The van der Waals surface area contributed by atoms with Gasteiger partial charge in [0.25, 0.3) is 0 Å². The first-order valence-electron chi connectivity index (χ1n) is 5.40. The Morgan fingerprint density at radius 1 is 1.47 bits per heavy atom. The second kappa shape index (κ2) is 6.66. The van der Waals surface area contributed by atoms with Crippen LogP contribution in [0.2, 0.25) is 0 Å². The van der Waals surface area contributed by atoms with Gasteiger partial charge in [-0.1, -0.05) is 0 Å². The lowest BCUT2D eigenvalue weighted by Gasteiger charge is -2.11. The van der Waals surface area contributed by atoms with Crippen LogP contribution in [0, 0.1) is 0 Å². The Labute approximate surface area is 97.9 Å². The van der Waals surface area contributed by atoms with Crippen LogP contribution in [0.3, 0.4) is 0 Å². The molecule has 0 bridgehead atoms. The van der Waals surface area contributed by atoms with Gasteiger partial charge in [0, 0.05) is 6.61 Å². The summed E-state index contributed by atoms with van der Waals surface area (Å²) in [7, 11) is 0. The maximum Gasteiger partial charge on any atom is 0.411 e. The maximum absolute atomic E-state index is 11.7. The summed E-state index contributed by atoms with van der Waals surface area (Å²) in [5.74, 6) is 0.807. The van der Waals surface area contributed by atoms with E-state index in [2.05, 4.69) is 10.1 Å². The van der Waals surface area contributed by atoms with Gasteiger partial charge in [0.15, 0.2) is 0 Å². The summed E-state index contributed by atoms with van der Waals surface area (Å²) >= 11 is 0. The highest BCUT2D eigenvalue weighted by atomic mass is 19.4. The average molecular weight is 251 g/mol. The Kier molecular flexibility index (Phi) is 5.50. The molecule has 0 aromatic carbocycles. The molecule has 1 N–H and O–H groups in total. The molecule has 0 aliphatic rings.